The Bertz CT molecular complexity index is 709. The quantitative estimate of drug-likeness (QED) is 0.395. The van der Waals surface area contributed by atoms with Crippen LogP contribution in [0, 0.1) is 6.07 Å². The standard InChI is InChI=1S/C20H21/c1-2-3-4-5-9-16-12-8-13-19-14-17-10-6-7-11-18(17)15-20(16)19/h7-8,10-15H,2-5,9H2,1H3. The number of benzene rings is 3. The normalized spacial score (nSPS) is 11.2. The molecule has 101 valence electrons. The number of unbranched alkanes of at least 4 members (excludes halogenated alkanes) is 3. The molecule has 0 nitrogen and oxygen atoms in total. The molecule has 3 rings (SSSR count). The first-order valence-corrected chi connectivity index (χ1v) is 7.70. The van der Waals surface area contributed by atoms with Gasteiger partial charge in [-0.25, -0.2) is 0 Å². The summed E-state index contributed by atoms with van der Waals surface area (Å²) in [5.74, 6) is 0. The smallest absolute Gasteiger partial charge is 0.0146 e. The summed E-state index contributed by atoms with van der Waals surface area (Å²) in [6, 6.07) is 20.7. The third kappa shape index (κ3) is 2.70. The molecule has 0 bridgehead atoms. The van der Waals surface area contributed by atoms with E-state index in [1.54, 1.807) is 0 Å². The lowest BCUT2D eigenvalue weighted by Crippen LogP contribution is -1.88. The highest BCUT2D eigenvalue weighted by Gasteiger charge is 2.03. The average molecular weight is 261 g/mol. The van der Waals surface area contributed by atoms with Gasteiger partial charge in [0.15, 0.2) is 0 Å². The highest BCUT2D eigenvalue weighted by molar-refractivity contribution is 5.99. The van der Waals surface area contributed by atoms with Crippen LogP contribution in [0.1, 0.15) is 38.2 Å². The molecule has 0 atom stereocenters. The predicted molar refractivity (Wildman–Crippen MR) is 88.1 cm³/mol. The lowest BCUT2D eigenvalue weighted by atomic mass is 9.96. The van der Waals surface area contributed by atoms with Crippen molar-refractivity contribution in [3.05, 3.63) is 60.2 Å². The van der Waals surface area contributed by atoms with Crippen LogP contribution >= 0.6 is 0 Å². The van der Waals surface area contributed by atoms with Crippen molar-refractivity contribution in [3.63, 3.8) is 0 Å². The number of hydrogen-bond acceptors (Lipinski definition) is 0. The monoisotopic (exact) mass is 261 g/mol. The SMILES string of the molecule is CCCCCCc1cccc2cc3c[c]ccc3cc12. The van der Waals surface area contributed by atoms with Gasteiger partial charge in [0.2, 0.25) is 0 Å². The first-order valence-electron chi connectivity index (χ1n) is 7.70. The van der Waals surface area contributed by atoms with E-state index in [2.05, 4.69) is 55.5 Å². The molecule has 0 spiro atoms. The molecule has 20 heavy (non-hydrogen) atoms. The molecule has 0 saturated heterocycles. The van der Waals surface area contributed by atoms with Crippen molar-refractivity contribution < 1.29 is 0 Å². The summed E-state index contributed by atoms with van der Waals surface area (Å²) in [7, 11) is 0. The molecule has 3 aromatic rings. The molecule has 0 saturated carbocycles. The summed E-state index contributed by atoms with van der Waals surface area (Å²) in [4.78, 5) is 0. The molecule has 0 unspecified atom stereocenters. The van der Waals surface area contributed by atoms with E-state index in [0.717, 1.165) is 0 Å². The maximum absolute atomic E-state index is 3.16. The van der Waals surface area contributed by atoms with Gasteiger partial charge in [0.1, 0.15) is 0 Å². The summed E-state index contributed by atoms with van der Waals surface area (Å²) < 4.78 is 0. The van der Waals surface area contributed by atoms with Gasteiger partial charge in [0.25, 0.3) is 0 Å². The van der Waals surface area contributed by atoms with Gasteiger partial charge in [0.05, 0.1) is 0 Å². The minimum absolute atomic E-state index is 1.20. The lowest BCUT2D eigenvalue weighted by molar-refractivity contribution is 0.668. The summed E-state index contributed by atoms with van der Waals surface area (Å²) >= 11 is 0. The van der Waals surface area contributed by atoms with Crippen molar-refractivity contribution in [2.75, 3.05) is 0 Å². The number of fused-ring (bicyclic) bond motifs is 2. The Hall–Kier alpha value is -1.82. The molecule has 0 fully saturated rings. The number of aryl methyl sites for hydroxylation is 1. The summed E-state index contributed by atoms with van der Waals surface area (Å²) in [5.41, 5.74) is 1.49. The van der Waals surface area contributed by atoms with Crippen molar-refractivity contribution in [1.82, 2.24) is 0 Å². The van der Waals surface area contributed by atoms with Crippen molar-refractivity contribution in [1.29, 1.82) is 0 Å². The van der Waals surface area contributed by atoms with Crippen LogP contribution in [-0.2, 0) is 6.42 Å². The van der Waals surface area contributed by atoms with Crippen LogP contribution < -0.4 is 0 Å². The van der Waals surface area contributed by atoms with E-state index in [4.69, 9.17) is 0 Å². The molecule has 0 aliphatic heterocycles. The van der Waals surface area contributed by atoms with Crippen LogP contribution in [0.4, 0.5) is 0 Å². The predicted octanol–water partition coefficient (Wildman–Crippen LogP) is 5.92. The fraction of sp³-hybridized carbons (Fsp3) is 0.300. The lowest BCUT2D eigenvalue weighted by Gasteiger charge is -2.08. The van der Waals surface area contributed by atoms with E-state index in [-0.39, 0.29) is 0 Å². The highest BCUT2D eigenvalue weighted by atomic mass is 14.1. The van der Waals surface area contributed by atoms with Crippen LogP contribution in [0.25, 0.3) is 21.5 Å². The molecule has 3 aromatic carbocycles. The molecule has 0 heterocycles. The van der Waals surface area contributed by atoms with Crippen molar-refractivity contribution in [3.8, 4) is 0 Å². The maximum atomic E-state index is 3.16. The largest absolute Gasteiger partial charge is 0.0654 e. The minimum Gasteiger partial charge on any atom is -0.0654 e. The maximum Gasteiger partial charge on any atom is -0.0146 e. The zero-order valence-electron chi connectivity index (χ0n) is 12.2. The molecule has 0 heteroatoms. The number of rotatable bonds is 5. The summed E-state index contributed by atoms with van der Waals surface area (Å²) in [5, 5.41) is 5.37. The molecule has 0 amide bonds. The Morgan fingerprint density at radius 1 is 0.900 bits per heavy atom. The Morgan fingerprint density at radius 2 is 1.85 bits per heavy atom. The minimum atomic E-state index is 1.20. The van der Waals surface area contributed by atoms with E-state index in [1.807, 2.05) is 6.07 Å². The third-order valence-electron chi connectivity index (χ3n) is 4.07. The van der Waals surface area contributed by atoms with Crippen molar-refractivity contribution >= 4 is 21.5 Å². The topological polar surface area (TPSA) is 0 Å². The van der Waals surface area contributed by atoms with Gasteiger partial charge in [0, 0.05) is 0 Å². The van der Waals surface area contributed by atoms with E-state index < -0.39 is 0 Å². The second-order valence-electron chi connectivity index (χ2n) is 5.57. The van der Waals surface area contributed by atoms with Gasteiger partial charge < -0.3 is 0 Å². The molecular formula is C20H21. The fourth-order valence-corrected chi connectivity index (χ4v) is 2.93. The fourth-order valence-electron chi connectivity index (χ4n) is 2.93. The molecule has 0 aromatic heterocycles. The van der Waals surface area contributed by atoms with Crippen molar-refractivity contribution in [2.24, 2.45) is 0 Å². The molecule has 1 radical (unpaired) electrons. The van der Waals surface area contributed by atoms with Gasteiger partial charge in [-0.15, -0.1) is 0 Å². The second kappa shape index (κ2) is 6.09. The Balaban J connectivity index is 1.97. The Morgan fingerprint density at radius 3 is 2.75 bits per heavy atom. The van der Waals surface area contributed by atoms with Gasteiger partial charge in [-0.1, -0.05) is 56.5 Å². The van der Waals surface area contributed by atoms with Gasteiger partial charge in [-0.3, -0.25) is 0 Å². The van der Waals surface area contributed by atoms with Crippen LogP contribution in [0.15, 0.2) is 48.5 Å². The van der Waals surface area contributed by atoms with Gasteiger partial charge in [-0.05, 0) is 64.2 Å². The zero-order valence-corrected chi connectivity index (χ0v) is 12.2. The average Bonchev–Trinajstić information content (AvgIpc) is 2.50. The Kier molecular flexibility index (Phi) is 4.01. The van der Waals surface area contributed by atoms with Crippen LogP contribution in [0.2, 0.25) is 0 Å². The van der Waals surface area contributed by atoms with Crippen LogP contribution in [0.3, 0.4) is 0 Å². The van der Waals surface area contributed by atoms with Crippen LogP contribution in [-0.4, -0.2) is 0 Å². The zero-order chi connectivity index (χ0) is 13.8. The van der Waals surface area contributed by atoms with E-state index >= 15 is 0 Å². The van der Waals surface area contributed by atoms with Crippen molar-refractivity contribution in [2.45, 2.75) is 39.0 Å². The van der Waals surface area contributed by atoms with E-state index in [9.17, 15) is 0 Å². The van der Waals surface area contributed by atoms with E-state index in [1.165, 1.54) is 59.2 Å². The molecular weight excluding hydrogens is 240 g/mol. The first kappa shape index (κ1) is 13.2. The molecule has 0 aliphatic carbocycles. The highest BCUT2D eigenvalue weighted by Crippen LogP contribution is 2.26. The number of hydrogen-bond donors (Lipinski definition) is 0. The third-order valence-corrected chi connectivity index (χ3v) is 4.07. The van der Waals surface area contributed by atoms with Gasteiger partial charge >= 0.3 is 0 Å². The first-order chi connectivity index (χ1) is 9.88. The second-order valence-corrected chi connectivity index (χ2v) is 5.57. The van der Waals surface area contributed by atoms with E-state index in [0.29, 0.717) is 0 Å². The van der Waals surface area contributed by atoms with Gasteiger partial charge in [-0.2, -0.15) is 0 Å². The molecule has 0 N–H and O–H groups in total. The Labute approximate surface area is 121 Å². The summed E-state index contributed by atoms with van der Waals surface area (Å²) in [6.45, 7) is 2.26. The summed E-state index contributed by atoms with van der Waals surface area (Å²) in [6.07, 6.45) is 6.49. The van der Waals surface area contributed by atoms with Crippen LogP contribution in [0.5, 0.6) is 0 Å². The molecule has 0 aliphatic rings.